The number of hydrogen-bond acceptors (Lipinski definition) is 5. The van der Waals surface area contributed by atoms with Crippen LogP contribution in [-0.2, 0) is 11.3 Å². The monoisotopic (exact) mass is 307 g/mol. The molecule has 0 unspecified atom stereocenters. The van der Waals surface area contributed by atoms with Gasteiger partial charge in [-0.2, -0.15) is 0 Å². The van der Waals surface area contributed by atoms with Gasteiger partial charge in [0, 0.05) is 18.5 Å². The number of nitrogens with one attached hydrogen (secondary N) is 1. The number of nitro benzene ring substituents is 1. The first-order chi connectivity index (χ1) is 10.6. The number of carbonyl (C=O) groups excluding carboxylic acids is 1. The number of nitrogens with zero attached hydrogens (tertiary/aromatic N) is 1. The minimum absolute atomic E-state index is 0.0218. The van der Waals surface area contributed by atoms with Crippen LogP contribution in [0.15, 0.2) is 18.2 Å². The number of methoxy groups -OCH3 is 1. The van der Waals surface area contributed by atoms with E-state index in [1.807, 2.05) is 0 Å². The number of carbonyl (C=O) groups is 1. The van der Waals surface area contributed by atoms with Gasteiger partial charge < -0.3 is 15.8 Å². The van der Waals surface area contributed by atoms with Crippen molar-refractivity contribution < 1.29 is 14.5 Å². The second-order valence-corrected chi connectivity index (χ2v) is 5.51. The molecule has 0 heterocycles. The van der Waals surface area contributed by atoms with Gasteiger partial charge in [0.15, 0.2) is 5.75 Å². The molecule has 0 radical (unpaired) electrons. The van der Waals surface area contributed by atoms with Crippen molar-refractivity contribution in [2.75, 3.05) is 13.7 Å². The number of nitrogens with two attached hydrogens (primary N) is 1. The molecule has 1 aliphatic rings. The highest BCUT2D eigenvalue weighted by Crippen LogP contribution is 2.31. The fourth-order valence-corrected chi connectivity index (χ4v) is 2.97. The maximum absolute atomic E-state index is 12.2. The average molecular weight is 307 g/mol. The molecule has 2 atom stereocenters. The van der Waals surface area contributed by atoms with Crippen molar-refractivity contribution in [3.05, 3.63) is 33.9 Å². The molecule has 22 heavy (non-hydrogen) atoms. The van der Waals surface area contributed by atoms with Gasteiger partial charge in [-0.25, -0.2) is 0 Å². The van der Waals surface area contributed by atoms with Gasteiger partial charge in [-0.3, -0.25) is 14.9 Å². The highest BCUT2D eigenvalue weighted by atomic mass is 16.6. The zero-order valence-electron chi connectivity index (χ0n) is 12.6. The molecule has 0 saturated heterocycles. The first kappa shape index (κ1) is 16.2. The van der Waals surface area contributed by atoms with Gasteiger partial charge >= 0.3 is 5.69 Å². The summed E-state index contributed by atoms with van der Waals surface area (Å²) in [5, 5.41) is 13.8. The van der Waals surface area contributed by atoms with E-state index in [1.165, 1.54) is 19.2 Å². The van der Waals surface area contributed by atoms with Crippen molar-refractivity contribution in [1.82, 2.24) is 5.32 Å². The van der Waals surface area contributed by atoms with Gasteiger partial charge in [-0.05, 0) is 36.9 Å². The van der Waals surface area contributed by atoms with E-state index in [9.17, 15) is 14.9 Å². The van der Waals surface area contributed by atoms with Crippen LogP contribution in [0, 0.1) is 22.0 Å². The third kappa shape index (κ3) is 3.54. The largest absolute Gasteiger partial charge is 0.490 e. The smallest absolute Gasteiger partial charge is 0.311 e. The van der Waals surface area contributed by atoms with Crippen molar-refractivity contribution in [3.8, 4) is 5.75 Å². The standard InChI is InChI=1S/C15H21N3O4/c1-22-14-6-5-10(7-13(14)18(20)21)9-17-15(19)12-4-2-3-11(12)8-16/h5-7,11-12H,2-4,8-9,16H2,1H3,(H,17,19)/t11-,12-/m1/s1. The molecule has 0 aromatic heterocycles. The summed E-state index contributed by atoms with van der Waals surface area (Å²) in [4.78, 5) is 22.7. The van der Waals surface area contributed by atoms with E-state index in [1.54, 1.807) is 6.07 Å². The Hall–Kier alpha value is -2.15. The van der Waals surface area contributed by atoms with Gasteiger partial charge in [-0.1, -0.05) is 12.5 Å². The lowest BCUT2D eigenvalue weighted by molar-refractivity contribution is -0.385. The van der Waals surface area contributed by atoms with E-state index in [0.29, 0.717) is 12.1 Å². The molecule has 0 aliphatic heterocycles. The molecule has 7 heteroatoms. The summed E-state index contributed by atoms with van der Waals surface area (Å²) >= 11 is 0. The molecule has 2 rings (SSSR count). The van der Waals surface area contributed by atoms with Crippen molar-refractivity contribution in [3.63, 3.8) is 0 Å². The van der Waals surface area contributed by atoms with Gasteiger partial charge in [-0.15, -0.1) is 0 Å². The average Bonchev–Trinajstić information content (AvgIpc) is 3.00. The van der Waals surface area contributed by atoms with Crippen LogP contribution >= 0.6 is 0 Å². The molecule has 1 fully saturated rings. The Morgan fingerprint density at radius 3 is 2.91 bits per heavy atom. The fourth-order valence-electron chi connectivity index (χ4n) is 2.97. The minimum Gasteiger partial charge on any atom is -0.490 e. The molecule has 7 nitrogen and oxygen atoms in total. The molecule has 1 saturated carbocycles. The Morgan fingerprint density at radius 1 is 1.50 bits per heavy atom. The molecular weight excluding hydrogens is 286 g/mol. The van der Waals surface area contributed by atoms with Gasteiger partial charge in [0.1, 0.15) is 0 Å². The normalized spacial score (nSPS) is 20.6. The third-order valence-corrected chi connectivity index (χ3v) is 4.21. The lowest BCUT2D eigenvalue weighted by atomic mass is 9.95. The molecule has 1 aromatic carbocycles. The number of nitro groups is 1. The number of amides is 1. The van der Waals surface area contributed by atoms with Crippen molar-refractivity contribution in [2.45, 2.75) is 25.8 Å². The third-order valence-electron chi connectivity index (χ3n) is 4.21. The van der Waals surface area contributed by atoms with Crippen molar-refractivity contribution >= 4 is 11.6 Å². The quantitative estimate of drug-likeness (QED) is 0.613. The molecule has 1 amide bonds. The zero-order valence-corrected chi connectivity index (χ0v) is 12.6. The maximum Gasteiger partial charge on any atom is 0.311 e. The van der Waals surface area contributed by atoms with E-state index in [0.717, 1.165) is 19.3 Å². The summed E-state index contributed by atoms with van der Waals surface area (Å²) < 4.78 is 4.95. The molecule has 0 bridgehead atoms. The minimum atomic E-state index is -0.494. The van der Waals surface area contributed by atoms with Crippen LogP contribution in [0.1, 0.15) is 24.8 Å². The predicted molar refractivity (Wildman–Crippen MR) is 81.4 cm³/mol. The van der Waals surface area contributed by atoms with Crippen LogP contribution in [-0.4, -0.2) is 24.5 Å². The van der Waals surface area contributed by atoms with Crippen LogP contribution in [0.4, 0.5) is 5.69 Å². The summed E-state index contributed by atoms with van der Waals surface area (Å²) in [7, 11) is 1.39. The Labute approximate surface area is 129 Å². The summed E-state index contributed by atoms with van der Waals surface area (Å²) in [5.41, 5.74) is 6.25. The van der Waals surface area contributed by atoms with Crippen LogP contribution in [0.5, 0.6) is 5.75 Å². The second kappa shape index (κ2) is 7.22. The summed E-state index contributed by atoms with van der Waals surface area (Å²) in [6, 6.07) is 4.67. The second-order valence-electron chi connectivity index (χ2n) is 5.51. The number of benzene rings is 1. The van der Waals surface area contributed by atoms with E-state index < -0.39 is 4.92 Å². The van der Waals surface area contributed by atoms with Crippen LogP contribution in [0.2, 0.25) is 0 Å². The van der Waals surface area contributed by atoms with Crippen molar-refractivity contribution in [2.24, 2.45) is 17.6 Å². The van der Waals surface area contributed by atoms with Crippen LogP contribution < -0.4 is 15.8 Å². The zero-order chi connectivity index (χ0) is 16.1. The van der Waals surface area contributed by atoms with Crippen LogP contribution in [0.25, 0.3) is 0 Å². The maximum atomic E-state index is 12.2. The first-order valence-corrected chi connectivity index (χ1v) is 7.36. The van der Waals surface area contributed by atoms with Crippen molar-refractivity contribution in [1.29, 1.82) is 0 Å². The van der Waals surface area contributed by atoms with Crippen LogP contribution in [0.3, 0.4) is 0 Å². The van der Waals surface area contributed by atoms with E-state index in [-0.39, 0.29) is 35.7 Å². The molecule has 120 valence electrons. The summed E-state index contributed by atoms with van der Waals surface area (Å²) in [6.45, 7) is 0.781. The lowest BCUT2D eigenvalue weighted by Gasteiger charge is -2.17. The number of rotatable bonds is 6. The SMILES string of the molecule is COc1ccc(CNC(=O)[C@@H]2CCC[C@@H]2CN)cc1[N+](=O)[O-]. The Balaban J connectivity index is 2.01. The first-order valence-electron chi connectivity index (χ1n) is 7.36. The molecule has 1 aliphatic carbocycles. The fraction of sp³-hybridized carbons (Fsp3) is 0.533. The summed E-state index contributed by atoms with van der Waals surface area (Å²) in [5.74, 6) is 0.383. The highest BCUT2D eigenvalue weighted by molar-refractivity contribution is 5.79. The lowest BCUT2D eigenvalue weighted by Crippen LogP contribution is -2.34. The summed E-state index contributed by atoms with van der Waals surface area (Å²) in [6.07, 6.45) is 2.87. The number of hydrogen-bond donors (Lipinski definition) is 2. The van der Waals surface area contributed by atoms with Gasteiger partial charge in [0.25, 0.3) is 0 Å². The molecule has 3 N–H and O–H groups in total. The van der Waals surface area contributed by atoms with Gasteiger partial charge in [0.2, 0.25) is 5.91 Å². The molecular formula is C15H21N3O4. The van der Waals surface area contributed by atoms with E-state index >= 15 is 0 Å². The molecule has 1 aromatic rings. The Morgan fingerprint density at radius 2 is 2.27 bits per heavy atom. The molecule has 0 spiro atoms. The van der Waals surface area contributed by atoms with Gasteiger partial charge in [0.05, 0.1) is 12.0 Å². The number of ether oxygens (including phenoxy) is 1. The van der Waals surface area contributed by atoms with E-state index in [4.69, 9.17) is 10.5 Å². The van der Waals surface area contributed by atoms with E-state index in [2.05, 4.69) is 5.32 Å². The Kier molecular flexibility index (Phi) is 5.32. The highest BCUT2D eigenvalue weighted by Gasteiger charge is 2.31. The predicted octanol–water partition coefficient (Wildman–Crippen LogP) is 1.59. The topological polar surface area (TPSA) is 107 Å². The Bertz CT molecular complexity index is 562.